The zero-order valence-corrected chi connectivity index (χ0v) is 17.5. The Morgan fingerprint density at radius 3 is 2.97 bits per heavy atom. The summed E-state index contributed by atoms with van der Waals surface area (Å²) in [4.78, 5) is 16.0. The van der Waals surface area contributed by atoms with Gasteiger partial charge in [-0.2, -0.15) is 0 Å². The van der Waals surface area contributed by atoms with Crippen LogP contribution in [-0.4, -0.2) is 24.8 Å². The van der Waals surface area contributed by atoms with Crippen molar-refractivity contribution < 1.29 is 14.3 Å². The van der Waals surface area contributed by atoms with E-state index in [1.807, 2.05) is 30.5 Å². The van der Waals surface area contributed by atoms with E-state index in [0.717, 1.165) is 30.6 Å². The molecule has 0 spiro atoms. The molecule has 1 aliphatic heterocycles. The Labute approximate surface area is 174 Å². The number of benzene rings is 1. The molecular formula is C25H31NO3. The first-order valence-corrected chi connectivity index (χ1v) is 10.6. The number of unbranched alkanes of at least 4 members (excludes halogenated alkanes) is 2. The average molecular weight is 394 g/mol. The Morgan fingerprint density at radius 2 is 2.14 bits per heavy atom. The molecule has 0 amide bonds. The zero-order chi connectivity index (χ0) is 20.5. The van der Waals surface area contributed by atoms with Crippen LogP contribution in [0.1, 0.15) is 63.0 Å². The molecular weight excluding hydrogens is 362 g/mol. The summed E-state index contributed by atoms with van der Waals surface area (Å²) in [6.45, 7) is 4.57. The minimum absolute atomic E-state index is 0.0256. The van der Waals surface area contributed by atoms with Crippen LogP contribution < -0.4 is 0 Å². The molecule has 4 heteroatoms. The van der Waals surface area contributed by atoms with Gasteiger partial charge in [-0.3, -0.25) is 9.79 Å². The molecule has 154 valence electrons. The standard InChI is InChI=1S/C25H31NO3/c1-3-4-5-10-21(17-28-19(2)27)23-14-7-6-11-22(23)18-29-24-15-8-12-20-13-9-16-26-25(20)24/h6-8,11-16,21,25H,3-5,9-10,17-18H2,1-2H3. The number of aliphatic imine (C=N–C) groups is 1. The van der Waals surface area contributed by atoms with Crippen molar-refractivity contribution in [1.82, 2.24) is 0 Å². The highest BCUT2D eigenvalue weighted by molar-refractivity contribution is 5.66. The number of ether oxygens (including phenoxy) is 2. The molecule has 0 aromatic heterocycles. The van der Waals surface area contributed by atoms with Crippen LogP contribution in [0, 0.1) is 0 Å². The first kappa shape index (κ1) is 21.1. The maximum Gasteiger partial charge on any atom is 0.302 e. The van der Waals surface area contributed by atoms with Gasteiger partial charge in [-0.05, 0) is 29.2 Å². The monoisotopic (exact) mass is 393 g/mol. The summed E-state index contributed by atoms with van der Waals surface area (Å²) in [6, 6.07) is 8.31. The highest BCUT2D eigenvalue weighted by Crippen LogP contribution is 2.30. The number of hydrogen-bond acceptors (Lipinski definition) is 4. The fourth-order valence-electron chi connectivity index (χ4n) is 3.83. The van der Waals surface area contributed by atoms with E-state index < -0.39 is 0 Å². The van der Waals surface area contributed by atoms with Gasteiger partial charge in [0.1, 0.15) is 18.4 Å². The van der Waals surface area contributed by atoms with Crippen molar-refractivity contribution in [2.75, 3.05) is 6.61 Å². The molecule has 4 nitrogen and oxygen atoms in total. The Bertz CT molecular complexity index is 819. The number of nitrogens with zero attached hydrogens (tertiary/aromatic N) is 1. The summed E-state index contributed by atoms with van der Waals surface area (Å²) in [5.41, 5.74) is 3.55. The molecule has 29 heavy (non-hydrogen) atoms. The van der Waals surface area contributed by atoms with Gasteiger partial charge in [0, 0.05) is 25.5 Å². The molecule has 3 rings (SSSR count). The van der Waals surface area contributed by atoms with Gasteiger partial charge < -0.3 is 9.47 Å². The lowest BCUT2D eigenvalue weighted by molar-refractivity contribution is -0.141. The van der Waals surface area contributed by atoms with Crippen LogP contribution in [0.3, 0.4) is 0 Å². The van der Waals surface area contributed by atoms with E-state index in [2.05, 4.69) is 36.2 Å². The highest BCUT2D eigenvalue weighted by atomic mass is 16.5. The Morgan fingerprint density at radius 1 is 1.28 bits per heavy atom. The van der Waals surface area contributed by atoms with Crippen LogP contribution in [0.4, 0.5) is 0 Å². The number of esters is 1. The van der Waals surface area contributed by atoms with Crippen LogP contribution in [0.2, 0.25) is 0 Å². The molecule has 0 saturated heterocycles. The summed E-state index contributed by atoms with van der Waals surface area (Å²) in [5, 5.41) is 0. The number of hydrogen-bond donors (Lipinski definition) is 0. The van der Waals surface area contributed by atoms with Crippen LogP contribution in [0.25, 0.3) is 0 Å². The second kappa shape index (κ2) is 10.8. The van der Waals surface area contributed by atoms with Crippen molar-refractivity contribution in [2.24, 2.45) is 4.99 Å². The predicted octanol–water partition coefficient (Wildman–Crippen LogP) is 5.65. The van der Waals surface area contributed by atoms with Crippen LogP contribution >= 0.6 is 0 Å². The van der Waals surface area contributed by atoms with E-state index in [9.17, 15) is 4.79 Å². The van der Waals surface area contributed by atoms with Crippen molar-refractivity contribution >= 4 is 12.2 Å². The summed E-state index contributed by atoms with van der Waals surface area (Å²) in [7, 11) is 0. The SMILES string of the molecule is CCCCCC(COC(C)=O)c1ccccc1COC1=CC=CC2=CCC=NC21. The van der Waals surface area contributed by atoms with Gasteiger partial charge >= 0.3 is 5.97 Å². The van der Waals surface area contributed by atoms with Crippen LogP contribution in [0.5, 0.6) is 0 Å². The van der Waals surface area contributed by atoms with E-state index in [-0.39, 0.29) is 17.9 Å². The molecule has 1 heterocycles. The Balaban J connectivity index is 1.72. The molecule has 2 aliphatic rings. The first-order valence-electron chi connectivity index (χ1n) is 10.6. The second-order valence-electron chi connectivity index (χ2n) is 7.58. The van der Waals surface area contributed by atoms with E-state index in [1.54, 1.807) is 0 Å². The van der Waals surface area contributed by atoms with E-state index in [4.69, 9.17) is 9.47 Å². The number of carbonyl (C=O) groups excluding carboxylic acids is 1. The number of carbonyl (C=O) groups is 1. The van der Waals surface area contributed by atoms with Gasteiger partial charge in [0.05, 0.1) is 6.61 Å². The average Bonchev–Trinajstić information content (AvgIpc) is 2.75. The minimum Gasteiger partial charge on any atom is -0.491 e. The van der Waals surface area contributed by atoms with Crippen molar-refractivity contribution in [1.29, 1.82) is 0 Å². The summed E-state index contributed by atoms with van der Waals surface area (Å²) < 4.78 is 11.6. The lowest BCUT2D eigenvalue weighted by Crippen LogP contribution is -2.19. The van der Waals surface area contributed by atoms with E-state index in [1.165, 1.54) is 30.9 Å². The third-order valence-corrected chi connectivity index (χ3v) is 5.38. The van der Waals surface area contributed by atoms with Gasteiger partial charge in [-0.15, -0.1) is 0 Å². The van der Waals surface area contributed by atoms with Gasteiger partial charge in [0.2, 0.25) is 0 Å². The van der Waals surface area contributed by atoms with Gasteiger partial charge in [-0.1, -0.05) is 68.7 Å². The van der Waals surface area contributed by atoms with Crippen molar-refractivity contribution in [3.8, 4) is 0 Å². The Kier molecular flexibility index (Phi) is 7.85. The van der Waals surface area contributed by atoms with Gasteiger partial charge in [-0.25, -0.2) is 0 Å². The molecule has 0 radical (unpaired) electrons. The molecule has 1 aromatic rings. The molecule has 1 aromatic carbocycles. The smallest absolute Gasteiger partial charge is 0.302 e. The third-order valence-electron chi connectivity index (χ3n) is 5.38. The Hall–Kier alpha value is -2.62. The zero-order valence-electron chi connectivity index (χ0n) is 17.5. The molecule has 0 N–H and O–H groups in total. The topological polar surface area (TPSA) is 47.9 Å². The summed E-state index contributed by atoms with van der Waals surface area (Å²) in [6.07, 6.45) is 15.6. The van der Waals surface area contributed by atoms with Crippen molar-refractivity contribution in [3.05, 3.63) is 71.0 Å². The fourth-order valence-corrected chi connectivity index (χ4v) is 3.83. The number of fused-ring (bicyclic) bond motifs is 1. The molecule has 2 atom stereocenters. The lowest BCUT2D eigenvalue weighted by Gasteiger charge is -2.25. The largest absolute Gasteiger partial charge is 0.491 e. The van der Waals surface area contributed by atoms with Gasteiger partial charge in [0.15, 0.2) is 0 Å². The molecule has 0 bridgehead atoms. The lowest BCUT2D eigenvalue weighted by atomic mass is 9.90. The van der Waals surface area contributed by atoms with Crippen LogP contribution in [-0.2, 0) is 20.9 Å². The number of dihydropyridines is 1. The van der Waals surface area contributed by atoms with Crippen molar-refractivity contribution in [3.63, 3.8) is 0 Å². The maximum atomic E-state index is 11.4. The molecule has 1 aliphatic carbocycles. The molecule has 2 unspecified atom stereocenters. The second-order valence-corrected chi connectivity index (χ2v) is 7.58. The normalized spacial score (nSPS) is 18.5. The van der Waals surface area contributed by atoms with E-state index >= 15 is 0 Å². The quantitative estimate of drug-likeness (QED) is 0.381. The van der Waals surface area contributed by atoms with Crippen molar-refractivity contribution in [2.45, 2.75) is 64.5 Å². The van der Waals surface area contributed by atoms with Crippen LogP contribution in [0.15, 0.2) is 64.9 Å². The molecule has 0 saturated carbocycles. The van der Waals surface area contributed by atoms with E-state index in [0.29, 0.717) is 13.2 Å². The maximum absolute atomic E-state index is 11.4. The minimum atomic E-state index is -0.229. The summed E-state index contributed by atoms with van der Waals surface area (Å²) in [5.74, 6) is 0.841. The fraction of sp³-hybridized carbons (Fsp3) is 0.440. The third kappa shape index (κ3) is 5.93. The predicted molar refractivity (Wildman–Crippen MR) is 117 cm³/mol. The number of rotatable bonds is 10. The molecule has 0 fully saturated rings. The van der Waals surface area contributed by atoms with Gasteiger partial charge in [0.25, 0.3) is 0 Å². The number of allylic oxidation sites excluding steroid dienone is 3. The summed E-state index contributed by atoms with van der Waals surface area (Å²) >= 11 is 0. The highest BCUT2D eigenvalue weighted by Gasteiger charge is 2.23. The first-order chi connectivity index (χ1) is 14.2.